The number of halogens is 1. The number of carbonyl (C=O) groups is 2. The molecule has 0 saturated heterocycles. The lowest BCUT2D eigenvalue weighted by Crippen LogP contribution is -2.55. The minimum atomic E-state index is -0.793. The zero-order valence-electron chi connectivity index (χ0n) is 15.1. The molecule has 2 saturated carbocycles. The molecule has 1 aromatic heterocycles. The molecule has 0 aliphatic heterocycles. The Kier molecular flexibility index (Phi) is 4.86. The van der Waals surface area contributed by atoms with Crippen LogP contribution in [0.2, 0.25) is 0 Å². The number of carbonyl (C=O) groups excluding carboxylic acids is 1. The van der Waals surface area contributed by atoms with Crippen molar-refractivity contribution in [1.29, 1.82) is 0 Å². The number of hydrogen-bond donors (Lipinski definition) is 3. The highest BCUT2D eigenvalue weighted by Crippen LogP contribution is 2.33. The Bertz CT molecular complexity index is 855. The van der Waals surface area contributed by atoms with Gasteiger partial charge in [-0.05, 0) is 55.4 Å². The first-order valence-electron chi connectivity index (χ1n) is 9.48. The van der Waals surface area contributed by atoms with Crippen molar-refractivity contribution in [3.8, 4) is 0 Å². The summed E-state index contributed by atoms with van der Waals surface area (Å²) in [6.07, 6.45) is 5.97. The smallest absolute Gasteiger partial charge is 0.317 e. The van der Waals surface area contributed by atoms with Gasteiger partial charge >= 0.3 is 5.97 Å². The van der Waals surface area contributed by atoms with E-state index in [0.717, 1.165) is 30.3 Å². The van der Waals surface area contributed by atoms with E-state index >= 15 is 0 Å². The van der Waals surface area contributed by atoms with E-state index in [1.807, 2.05) is 0 Å². The van der Waals surface area contributed by atoms with Crippen molar-refractivity contribution in [3.05, 3.63) is 35.8 Å². The van der Waals surface area contributed by atoms with Gasteiger partial charge in [-0.2, -0.15) is 0 Å². The van der Waals surface area contributed by atoms with Crippen molar-refractivity contribution >= 4 is 22.8 Å². The standard InChI is InChI=1S/C20H24FN3O3/c21-14-3-4-17-13(9-22-18(17)6-14)5-19(25)23-15-7-16(8-15)24(11-20(26)27)10-12-1-2-12/h3-4,6,9,12,15-16,22H,1-2,5,7-8,10-11H2,(H,23,25)(H,26,27). The molecule has 4 rings (SSSR count). The zero-order chi connectivity index (χ0) is 19.0. The van der Waals surface area contributed by atoms with Crippen LogP contribution in [0, 0.1) is 11.7 Å². The number of fused-ring (bicyclic) bond motifs is 1. The molecular weight excluding hydrogens is 349 g/mol. The topological polar surface area (TPSA) is 85.4 Å². The van der Waals surface area contributed by atoms with Crippen molar-refractivity contribution < 1.29 is 19.1 Å². The zero-order valence-corrected chi connectivity index (χ0v) is 15.1. The number of aromatic amines is 1. The first-order valence-corrected chi connectivity index (χ1v) is 9.48. The van der Waals surface area contributed by atoms with Gasteiger partial charge in [-0.1, -0.05) is 0 Å². The van der Waals surface area contributed by atoms with Crippen molar-refractivity contribution in [1.82, 2.24) is 15.2 Å². The summed E-state index contributed by atoms with van der Waals surface area (Å²) < 4.78 is 13.3. The van der Waals surface area contributed by atoms with Crippen LogP contribution >= 0.6 is 0 Å². The van der Waals surface area contributed by atoms with E-state index in [1.165, 1.54) is 25.0 Å². The molecule has 2 aromatic rings. The highest BCUT2D eigenvalue weighted by molar-refractivity contribution is 5.89. The van der Waals surface area contributed by atoms with Gasteiger partial charge in [-0.25, -0.2) is 4.39 Å². The van der Waals surface area contributed by atoms with Crippen LogP contribution in [0.1, 0.15) is 31.2 Å². The van der Waals surface area contributed by atoms with Gasteiger partial charge in [0.2, 0.25) is 5.91 Å². The Morgan fingerprint density at radius 1 is 1.30 bits per heavy atom. The van der Waals surface area contributed by atoms with Gasteiger partial charge in [-0.15, -0.1) is 0 Å². The molecule has 2 aliphatic carbocycles. The molecular formula is C20H24FN3O3. The Morgan fingerprint density at radius 3 is 2.78 bits per heavy atom. The van der Waals surface area contributed by atoms with Crippen molar-refractivity contribution in [3.63, 3.8) is 0 Å². The highest BCUT2D eigenvalue weighted by atomic mass is 19.1. The molecule has 6 nitrogen and oxygen atoms in total. The lowest BCUT2D eigenvalue weighted by Gasteiger charge is -2.42. The largest absolute Gasteiger partial charge is 0.480 e. The third-order valence-corrected chi connectivity index (χ3v) is 5.60. The maximum absolute atomic E-state index is 13.3. The van der Waals surface area contributed by atoms with Crippen LogP contribution in [0.15, 0.2) is 24.4 Å². The Labute approximate surface area is 156 Å². The van der Waals surface area contributed by atoms with Gasteiger partial charge in [0, 0.05) is 35.7 Å². The van der Waals surface area contributed by atoms with Crippen molar-refractivity contribution in [2.45, 2.75) is 44.2 Å². The predicted octanol–water partition coefficient (Wildman–Crippen LogP) is 2.29. The van der Waals surface area contributed by atoms with E-state index in [4.69, 9.17) is 5.11 Å². The SMILES string of the molecule is O=C(O)CN(CC1CC1)C1CC(NC(=O)Cc2c[nH]c3cc(F)ccc23)C1. The summed E-state index contributed by atoms with van der Waals surface area (Å²) in [4.78, 5) is 28.5. The van der Waals surface area contributed by atoms with Crippen molar-refractivity contribution in [2.75, 3.05) is 13.1 Å². The number of nitrogens with zero attached hydrogens (tertiary/aromatic N) is 1. The Hall–Kier alpha value is -2.41. The van der Waals surface area contributed by atoms with Crippen LogP contribution in [-0.2, 0) is 16.0 Å². The summed E-state index contributed by atoms with van der Waals surface area (Å²) in [5.41, 5.74) is 1.53. The fraction of sp³-hybridized carbons (Fsp3) is 0.500. The summed E-state index contributed by atoms with van der Waals surface area (Å²) in [5.74, 6) is -0.516. The molecule has 0 radical (unpaired) electrons. The Balaban J connectivity index is 1.28. The average molecular weight is 373 g/mol. The molecule has 0 spiro atoms. The van der Waals surface area contributed by atoms with E-state index in [9.17, 15) is 14.0 Å². The quantitative estimate of drug-likeness (QED) is 0.663. The number of H-pyrrole nitrogens is 1. The monoisotopic (exact) mass is 373 g/mol. The molecule has 1 heterocycles. The normalized spacial score (nSPS) is 22.0. The third-order valence-electron chi connectivity index (χ3n) is 5.60. The molecule has 0 unspecified atom stereocenters. The third kappa shape index (κ3) is 4.30. The highest BCUT2D eigenvalue weighted by Gasteiger charge is 2.37. The van der Waals surface area contributed by atoms with Gasteiger partial charge < -0.3 is 15.4 Å². The molecule has 2 aliphatic rings. The molecule has 2 fully saturated rings. The second kappa shape index (κ2) is 7.31. The first kappa shape index (κ1) is 18.0. The van der Waals surface area contributed by atoms with Crippen LogP contribution in [0.25, 0.3) is 10.9 Å². The summed E-state index contributed by atoms with van der Waals surface area (Å²) in [5, 5.41) is 13.0. The summed E-state index contributed by atoms with van der Waals surface area (Å²) >= 11 is 0. The number of benzene rings is 1. The van der Waals surface area contributed by atoms with Gasteiger partial charge in [0.25, 0.3) is 0 Å². The predicted molar refractivity (Wildman–Crippen MR) is 98.8 cm³/mol. The number of nitrogens with one attached hydrogen (secondary N) is 2. The fourth-order valence-corrected chi connectivity index (χ4v) is 3.91. The molecule has 3 N–H and O–H groups in total. The molecule has 27 heavy (non-hydrogen) atoms. The van der Waals surface area contributed by atoms with Crippen molar-refractivity contribution in [2.24, 2.45) is 5.92 Å². The lowest BCUT2D eigenvalue weighted by molar-refractivity contribution is -0.140. The minimum absolute atomic E-state index is 0.0596. The van der Waals surface area contributed by atoms with Gasteiger partial charge in [0.15, 0.2) is 0 Å². The van der Waals surface area contributed by atoms with Gasteiger partial charge in [0.05, 0.1) is 13.0 Å². The van der Waals surface area contributed by atoms with E-state index in [0.29, 0.717) is 11.4 Å². The van der Waals surface area contributed by atoms with E-state index in [1.54, 1.807) is 12.3 Å². The van der Waals surface area contributed by atoms with Crippen LogP contribution < -0.4 is 5.32 Å². The molecule has 144 valence electrons. The number of aliphatic carboxylic acids is 1. The lowest BCUT2D eigenvalue weighted by atomic mass is 9.85. The minimum Gasteiger partial charge on any atom is -0.480 e. The molecule has 0 atom stereocenters. The maximum Gasteiger partial charge on any atom is 0.317 e. The van der Waals surface area contributed by atoms with E-state index in [-0.39, 0.29) is 36.8 Å². The molecule has 1 amide bonds. The fourth-order valence-electron chi connectivity index (χ4n) is 3.91. The average Bonchev–Trinajstić information content (AvgIpc) is 3.30. The number of carboxylic acid groups (broad SMARTS) is 1. The molecule has 0 bridgehead atoms. The number of amides is 1. The second-order valence-corrected chi connectivity index (χ2v) is 7.84. The molecule has 1 aromatic carbocycles. The van der Waals surface area contributed by atoms with E-state index < -0.39 is 5.97 Å². The molecule has 7 heteroatoms. The van der Waals surface area contributed by atoms with Crippen LogP contribution in [0.4, 0.5) is 4.39 Å². The maximum atomic E-state index is 13.3. The summed E-state index contributed by atoms with van der Waals surface area (Å²) in [6.45, 7) is 0.928. The van der Waals surface area contributed by atoms with Crippen LogP contribution in [-0.4, -0.2) is 52.0 Å². The van der Waals surface area contributed by atoms with E-state index in [2.05, 4.69) is 15.2 Å². The number of carboxylic acids is 1. The summed E-state index contributed by atoms with van der Waals surface area (Å²) in [7, 11) is 0. The summed E-state index contributed by atoms with van der Waals surface area (Å²) in [6, 6.07) is 4.84. The Morgan fingerprint density at radius 2 is 2.07 bits per heavy atom. The van der Waals surface area contributed by atoms with Gasteiger partial charge in [-0.3, -0.25) is 14.5 Å². The number of hydrogen-bond acceptors (Lipinski definition) is 3. The number of aromatic nitrogens is 1. The van der Waals surface area contributed by atoms with Gasteiger partial charge in [0.1, 0.15) is 5.82 Å². The van der Waals surface area contributed by atoms with Crippen LogP contribution in [0.3, 0.4) is 0 Å². The number of rotatable bonds is 8. The van der Waals surface area contributed by atoms with Crippen LogP contribution in [0.5, 0.6) is 0 Å². The first-order chi connectivity index (χ1) is 13.0. The second-order valence-electron chi connectivity index (χ2n) is 7.84.